The van der Waals surface area contributed by atoms with Crippen LogP contribution in [-0.4, -0.2) is 30.3 Å². The van der Waals surface area contributed by atoms with E-state index >= 15 is 0 Å². The van der Waals surface area contributed by atoms with Crippen molar-refractivity contribution in [2.75, 3.05) is 14.2 Å². The molecule has 0 N–H and O–H groups in total. The summed E-state index contributed by atoms with van der Waals surface area (Å²) in [5.41, 5.74) is 0.146. The molecule has 0 aliphatic rings. The summed E-state index contributed by atoms with van der Waals surface area (Å²) in [5.74, 6) is -0.542. The van der Waals surface area contributed by atoms with E-state index in [0.717, 1.165) is 0 Å². The van der Waals surface area contributed by atoms with Crippen LogP contribution in [0, 0.1) is 10.1 Å². The first-order valence-electron chi connectivity index (χ1n) is 4.27. The fourth-order valence-electron chi connectivity index (χ4n) is 1.07. The Morgan fingerprint density at radius 2 is 1.75 bits per heavy atom. The lowest BCUT2D eigenvalue weighted by Crippen LogP contribution is -2.28. The van der Waals surface area contributed by atoms with Crippen LogP contribution in [0.25, 0.3) is 0 Å². The third-order valence-electron chi connectivity index (χ3n) is 1.82. The minimum atomic E-state index is -0.543. The van der Waals surface area contributed by atoms with Gasteiger partial charge in [0.15, 0.2) is 0 Å². The molecule has 0 bridgehead atoms. The number of nitro benzene ring substituents is 1. The molecule has 1 rings (SSSR count). The van der Waals surface area contributed by atoms with E-state index in [-0.39, 0.29) is 11.3 Å². The molecule has 0 aliphatic heterocycles. The lowest BCUT2D eigenvalue weighted by molar-refractivity contribution is -0.384. The highest BCUT2D eigenvalue weighted by Gasteiger charge is 2.16. The van der Waals surface area contributed by atoms with Crippen LogP contribution in [0.5, 0.6) is 0 Å². The maximum absolute atomic E-state index is 11.6. The number of hydrogen-bond acceptors (Lipinski definition) is 5. The summed E-state index contributed by atoms with van der Waals surface area (Å²) in [6, 6.07) is 5.12. The van der Waals surface area contributed by atoms with Gasteiger partial charge in [0.2, 0.25) is 0 Å². The van der Waals surface area contributed by atoms with Gasteiger partial charge in [0.05, 0.1) is 19.1 Å². The Bertz CT molecular complexity index is 385. The van der Waals surface area contributed by atoms with Crippen molar-refractivity contribution in [2.45, 2.75) is 0 Å². The second-order valence-corrected chi connectivity index (χ2v) is 2.73. The maximum atomic E-state index is 11.6. The van der Waals surface area contributed by atoms with E-state index in [1.807, 2.05) is 0 Å². The van der Waals surface area contributed by atoms with Crippen LogP contribution in [0.1, 0.15) is 10.4 Å². The molecule has 16 heavy (non-hydrogen) atoms. The van der Waals surface area contributed by atoms with E-state index in [2.05, 4.69) is 9.68 Å². The van der Waals surface area contributed by atoms with Crippen LogP contribution < -0.4 is 0 Å². The highest BCUT2D eigenvalue weighted by Crippen LogP contribution is 2.13. The summed E-state index contributed by atoms with van der Waals surface area (Å²) in [5, 5.41) is 11.1. The number of rotatable bonds is 4. The molecule has 0 unspecified atom stereocenters. The third-order valence-corrected chi connectivity index (χ3v) is 1.82. The average molecular weight is 226 g/mol. The molecule has 0 aliphatic carbocycles. The van der Waals surface area contributed by atoms with Crippen LogP contribution in [0.4, 0.5) is 5.69 Å². The normalized spacial score (nSPS) is 9.88. The van der Waals surface area contributed by atoms with Crippen molar-refractivity contribution in [1.82, 2.24) is 5.23 Å². The molecule has 0 saturated heterocycles. The van der Waals surface area contributed by atoms with Gasteiger partial charge in [-0.1, -0.05) is 5.23 Å². The van der Waals surface area contributed by atoms with Gasteiger partial charge in [0.1, 0.15) is 0 Å². The largest absolute Gasteiger partial charge is 0.303 e. The smallest absolute Gasteiger partial charge is 0.264 e. The number of carbonyl (C=O) groups is 1. The lowest BCUT2D eigenvalue weighted by atomic mass is 10.2. The van der Waals surface area contributed by atoms with Gasteiger partial charge < -0.3 is 0 Å². The van der Waals surface area contributed by atoms with Crippen molar-refractivity contribution in [3.05, 3.63) is 39.9 Å². The first kappa shape index (κ1) is 12.1. The van der Waals surface area contributed by atoms with Crippen LogP contribution in [0.3, 0.4) is 0 Å². The molecule has 0 saturated carbocycles. The molecule has 0 spiro atoms. The molecule has 0 aromatic heterocycles. The van der Waals surface area contributed by atoms with Crippen LogP contribution in [0.15, 0.2) is 24.3 Å². The van der Waals surface area contributed by atoms with Crippen LogP contribution >= 0.6 is 0 Å². The molecule has 0 heterocycles. The number of nitro groups is 1. The lowest BCUT2D eigenvalue weighted by Gasteiger charge is -2.15. The SMILES string of the molecule is CON(OC)C(=O)c1ccc([N+](=O)[O-])cc1. The van der Waals surface area contributed by atoms with Crippen molar-refractivity contribution in [1.29, 1.82) is 0 Å². The van der Waals surface area contributed by atoms with Crippen molar-refractivity contribution in [3.8, 4) is 0 Å². The topological polar surface area (TPSA) is 81.9 Å². The van der Waals surface area contributed by atoms with E-state index in [1.165, 1.54) is 38.5 Å². The van der Waals surface area contributed by atoms with Gasteiger partial charge >= 0.3 is 5.91 Å². The fraction of sp³-hybridized carbons (Fsp3) is 0.222. The Kier molecular flexibility index (Phi) is 3.92. The van der Waals surface area contributed by atoms with E-state index in [4.69, 9.17) is 0 Å². The number of nitrogens with zero attached hydrogens (tertiary/aromatic N) is 2. The van der Waals surface area contributed by atoms with Crippen molar-refractivity contribution in [2.24, 2.45) is 0 Å². The Labute approximate surface area is 91.2 Å². The Balaban J connectivity index is 2.89. The predicted molar refractivity (Wildman–Crippen MR) is 53.3 cm³/mol. The number of amides is 1. The molecule has 7 nitrogen and oxygen atoms in total. The van der Waals surface area contributed by atoms with Crippen LogP contribution in [0.2, 0.25) is 0 Å². The summed E-state index contributed by atoms with van der Waals surface area (Å²) in [6.07, 6.45) is 0. The molecule has 1 amide bonds. The number of carbonyl (C=O) groups excluding carboxylic acids is 1. The molecular formula is C9H10N2O5. The van der Waals surface area contributed by atoms with E-state index in [0.29, 0.717) is 5.23 Å². The monoisotopic (exact) mass is 226 g/mol. The van der Waals surface area contributed by atoms with E-state index in [9.17, 15) is 14.9 Å². The van der Waals surface area contributed by atoms with Gasteiger partial charge in [-0.05, 0) is 12.1 Å². The van der Waals surface area contributed by atoms with E-state index in [1.54, 1.807) is 0 Å². The quantitative estimate of drug-likeness (QED) is 0.568. The van der Waals surface area contributed by atoms with Gasteiger partial charge in [-0.3, -0.25) is 14.9 Å². The Morgan fingerprint density at radius 3 is 2.12 bits per heavy atom. The standard InChI is InChI=1S/C9H10N2O5/c1-15-11(16-2)9(12)7-3-5-8(6-4-7)10(13)14/h3-6H,1-2H3. The van der Waals surface area contributed by atoms with Gasteiger partial charge in [-0.25, -0.2) is 9.68 Å². The minimum Gasteiger partial charge on any atom is -0.264 e. The van der Waals surface area contributed by atoms with E-state index < -0.39 is 10.8 Å². The molecule has 1 aromatic carbocycles. The second-order valence-electron chi connectivity index (χ2n) is 2.73. The van der Waals surface area contributed by atoms with Crippen molar-refractivity contribution < 1.29 is 19.4 Å². The zero-order valence-corrected chi connectivity index (χ0v) is 8.75. The van der Waals surface area contributed by atoms with Crippen LogP contribution in [-0.2, 0) is 9.68 Å². The van der Waals surface area contributed by atoms with Gasteiger partial charge in [0.25, 0.3) is 5.69 Å². The highest BCUT2D eigenvalue weighted by molar-refractivity contribution is 5.93. The first-order valence-corrected chi connectivity index (χ1v) is 4.27. The Morgan fingerprint density at radius 1 is 1.25 bits per heavy atom. The molecule has 0 fully saturated rings. The average Bonchev–Trinajstić information content (AvgIpc) is 2.30. The number of hydroxylamine groups is 2. The zero-order chi connectivity index (χ0) is 12.1. The predicted octanol–water partition coefficient (Wildman–Crippen LogP) is 1.16. The summed E-state index contributed by atoms with van der Waals surface area (Å²) >= 11 is 0. The number of hydrogen-bond donors (Lipinski definition) is 0. The molecule has 0 radical (unpaired) electrons. The van der Waals surface area contributed by atoms with Gasteiger partial charge in [0, 0.05) is 17.7 Å². The summed E-state index contributed by atoms with van der Waals surface area (Å²) in [4.78, 5) is 30.7. The van der Waals surface area contributed by atoms with Gasteiger partial charge in [-0.2, -0.15) is 0 Å². The number of non-ortho nitro benzene ring substituents is 1. The van der Waals surface area contributed by atoms with Gasteiger partial charge in [-0.15, -0.1) is 0 Å². The summed E-state index contributed by atoms with van der Waals surface area (Å²) in [6.45, 7) is 0. The maximum Gasteiger partial charge on any atom is 0.303 e. The second kappa shape index (κ2) is 5.19. The molecule has 0 atom stereocenters. The highest BCUT2D eigenvalue weighted by atomic mass is 16.9. The first-order chi connectivity index (χ1) is 7.60. The Hall–Kier alpha value is -1.99. The zero-order valence-electron chi connectivity index (χ0n) is 8.75. The summed E-state index contributed by atoms with van der Waals surface area (Å²) in [7, 11) is 2.54. The summed E-state index contributed by atoms with van der Waals surface area (Å²) < 4.78 is 0. The minimum absolute atomic E-state index is 0.0852. The molecular weight excluding hydrogens is 216 g/mol. The molecule has 7 heteroatoms. The molecule has 1 aromatic rings. The van der Waals surface area contributed by atoms with Crippen molar-refractivity contribution in [3.63, 3.8) is 0 Å². The third kappa shape index (κ3) is 2.53. The van der Waals surface area contributed by atoms with Crippen molar-refractivity contribution >= 4 is 11.6 Å². The fourth-order valence-corrected chi connectivity index (χ4v) is 1.07. The molecule has 86 valence electrons. The number of benzene rings is 1.